The Hall–Kier alpha value is -3.51. The summed E-state index contributed by atoms with van der Waals surface area (Å²) in [5.74, 6) is 0.157. The van der Waals surface area contributed by atoms with Crippen molar-refractivity contribution in [1.82, 2.24) is 15.1 Å². The maximum Gasteiger partial charge on any atom is 0.387 e. The molecule has 3 aromatic carbocycles. The van der Waals surface area contributed by atoms with E-state index < -0.39 is 6.61 Å². The molecule has 4 nitrogen and oxygen atoms in total. The van der Waals surface area contributed by atoms with Gasteiger partial charge in [0.05, 0.1) is 11.4 Å². The molecule has 0 radical (unpaired) electrons. The smallest absolute Gasteiger partial charge is 0.387 e. The number of hydrogen-bond acceptors (Lipinski definition) is 3. The summed E-state index contributed by atoms with van der Waals surface area (Å²) in [6.07, 6.45) is 2.03. The van der Waals surface area contributed by atoms with Gasteiger partial charge in [-0.1, -0.05) is 60.7 Å². The van der Waals surface area contributed by atoms with E-state index in [1.807, 2.05) is 71.5 Å². The summed E-state index contributed by atoms with van der Waals surface area (Å²) in [5, 5.41) is 8.22. The molecule has 0 saturated heterocycles. The van der Waals surface area contributed by atoms with E-state index in [9.17, 15) is 8.78 Å². The fourth-order valence-electron chi connectivity index (χ4n) is 3.22. The molecule has 0 amide bonds. The van der Waals surface area contributed by atoms with Crippen LogP contribution in [0.3, 0.4) is 0 Å². The number of nitrogens with one attached hydrogen (secondary N) is 1. The molecule has 0 bridgehead atoms. The van der Waals surface area contributed by atoms with Crippen molar-refractivity contribution in [3.05, 3.63) is 102 Å². The number of aromatic nitrogens is 2. The second-order valence-electron chi connectivity index (χ2n) is 6.78. The first-order valence-corrected chi connectivity index (χ1v) is 9.63. The third-order valence-corrected chi connectivity index (χ3v) is 4.65. The van der Waals surface area contributed by atoms with E-state index in [2.05, 4.69) is 10.1 Å². The van der Waals surface area contributed by atoms with E-state index >= 15 is 0 Å². The summed E-state index contributed by atoms with van der Waals surface area (Å²) < 4.78 is 30.8. The first kappa shape index (κ1) is 19.8. The van der Waals surface area contributed by atoms with Crippen LogP contribution in [-0.2, 0) is 13.1 Å². The number of ether oxygens (including phenoxy) is 1. The van der Waals surface area contributed by atoms with Crippen LogP contribution < -0.4 is 10.1 Å². The van der Waals surface area contributed by atoms with Gasteiger partial charge in [0.15, 0.2) is 0 Å². The van der Waals surface area contributed by atoms with Gasteiger partial charge in [-0.25, -0.2) is 4.68 Å². The zero-order valence-corrected chi connectivity index (χ0v) is 16.2. The molecule has 0 spiro atoms. The van der Waals surface area contributed by atoms with Crippen LogP contribution in [0.4, 0.5) is 8.78 Å². The van der Waals surface area contributed by atoms with Crippen LogP contribution in [0.1, 0.15) is 11.1 Å². The van der Waals surface area contributed by atoms with Crippen molar-refractivity contribution in [2.45, 2.75) is 19.7 Å². The van der Waals surface area contributed by atoms with Gasteiger partial charge in [0.1, 0.15) is 5.75 Å². The van der Waals surface area contributed by atoms with Crippen LogP contribution >= 0.6 is 0 Å². The van der Waals surface area contributed by atoms with E-state index in [-0.39, 0.29) is 5.75 Å². The number of rotatable bonds is 8. The monoisotopic (exact) mass is 405 g/mol. The number of para-hydroxylation sites is 1. The number of hydrogen-bond donors (Lipinski definition) is 1. The minimum atomic E-state index is -2.81. The third-order valence-electron chi connectivity index (χ3n) is 4.65. The predicted octanol–water partition coefficient (Wildman–Crippen LogP) is 5.43. The Kier molecular flexibility index (Phi) is 6.15. The Morgan fingerprint density at radius 1 is 0.833 bits per heavy atom. The van der Waals surface area contributed by atoms with Crippen LogP contribution in [0, 0.1) is 0 Å². The second-order valence-corrected chi connectivity index (χ2v) is 6.78. The molecule has 0 saturated carbocycles. The first-order valence-electron chi connectivity index (χ1n) is 9.63. The van der Waals surface area contributed by atoms with Crippen molar-refractivity contribution >= 4 is 0 Å². The maximum absolute atomic E-state index is 12.3. The standard InChI is InChI=1S/C24H21F2N3O/c25-24(26)30-22-13-11-18(12-14-22)15-27-16-20-17-29(21-9-5-2-6-10-21)28-23(20)19-7-3-1-4-8-19/h1-14,17,24,27H,15-16H2. The zero-order chi connectivity index (χ0) is 20.8. The average Bonchev–Trinajstić information content (AvgIpc) is 3.20. The molecule has 1 aromatic heterocycles. The number of halogens is 2. The van der Waals surface area contributed by atoms with Gasteiger partial charge in [-0.3, -0.25) is 0 Å². The van der Waals surface area contributed by atoms with Gasteiger partial charge in [-0.05, 0) is 29.8 Å². The lowest BCUT2D eigenvalue weighted by Gasteiger charge is -2.07. The van der Waals surface area contributed by atoms with Crippen LogP contribution in [0.15, 0.2) is 91.1 Å². The van der Waals surface area contributed by atoms with E-state index in [1.165, 1.54) is 0 Å². The summed E-state index contributed by atoms with van der Waals surface area (Å²) in [7, 11) is 0. The number of benzene rings is 3. The molecular formula is C24H21F2N3O. The lowest BCUT2D eigenvalue weighted by molar-refractivity contribution is -0.0498. The van der Waals surface area contributed by atoms with Crippen molar-refractivity contribution in [3.8, 4) is 22.7 Å². The first-order chi connectivity index (χ1) is 14.7. The van der Waals surface area contributed by atoms with Gasteiger partial charge in [0, 0.05) is 30.4 Å². The molecule has 6 heteroatoms. The molecule has 30 heavy (non-hydrogen) atoms. The van der Waals surface area contributed by atoms with Crippen LogP contribution in [0.25, 0.3) is 16.9 Å². The molecule has 1 N–H and O–H groups in total. The van der Waals surface area contributed by atoms with Crippen molar-refractivity contribution in [2.75, 3.05) is 0 Å². The minimum Gasteiger partial charge on any atom is -0.435 e. The Labute approximate surface area is 173 Å². The molecule has 0 aliphatic rings. The number of nitrogens with zero attached hydrogens (tertiary/aromatic N) is 2. The second kappa shape index (κ2) is 9.33. The normalized spacial score (nSPS) is 11.0. The van der Waals surface area contributed by atoms with Gasteiger partial charge in [0.25, 0.3) is 0 Å². The molecule has 4 rings (SSSR count). The van der Waals surface area contributed by atoms with Crippen LogP contribution in [-0.4, -0.2) is 16.4 Å². The minimum absolute atomic E-state index is 0.157. The topological polar surface area (TPSA) is 39.1 Å². The van der Waals surface area contributed by atoms with E-state index in [0.29, 0.717) is 13.1 Å². The molecule has 1 heterocycles. The predicted molar refractivity (Wildman–Crippen MR) is 113 cm³/mol. The maximum atomic E-state index is 12.3. The molecular weight excluding hydrogens is 384 g/mol. The van der Waals surface area contributed by atoms with Crippen molar-refractivity contribution < 1.29 is 13.5 Å². The number of alkyl halides is 2. The van der Waals surface area contributed by atoms with Crippen LogP contribution in [0.2, 0.25) is 0 Å². The van der Waals surface area contributed by atoms with Gasteiger partial charge < -0.3 is 10.1 Å². The highest BCUT2D eigenvalue weighted by Crippen LogP contribution is 2.24. The Balaban J connectivity index is 1.49. The van der Waals surface area contributed by atoms with Gasteiger partial charge in [-0.2, -0.15) is 13.9 Å². The highest BCUT2D eigenvalue weighted by atomic mass is 19.3. The molecule has 0 fully saturated rings. The quantitative estimate of drug-likeness (QED) is 0.425. The Bertz CT molecular complexity index is 1060. The molecule has 0 aliphatic carbocycles. The van der Waals surface area contributed by atoms with E-state index in [4.69, 9.17) is 5.10 Å². The van der Waals surface area contributed by atoms with E-state index in [1.54, 1.807) is 24.3 Å². The van der Waals surface area contributed by atoms with E-state index in [0.717, 1.165) is 28.1 Å². The SMILES string of the molecule is FC(F)Oc1ccc(CNCc2cn(-c3ccccc3)nc2-c2ccccc2)cc1. The highest BCUT2D eigenvalue weighted by Gasteiger charge is 2.12. The average molecular weight is 405 g/mol. The molecule has 0 aliphatic heterocycles. The molecule has 152 valence electrons. The van der Waals surface area contributed by atoms with Gasteiger partial charge >= 0.3 is 6.61 Å². The molecule has 0 unspecified atom stereocenters. The lowest BCUT2D eigenvalue weighted by Crippen LogP contribution is -2.13. The fraction of sp³-hybridized carbons (Fsp3) is 0.125. The largest absolute Gasteiger partial charge is 0.435 e. The summed E-state index contributed by atoms with van der Waals surface area (Å²) >= 11 is 0. The fourth-order valence-corrected chi connectivity index (χ4v) is 3.22. The lowest BCUT2D eigenvalue weighted by atomic mass is 10.1. The summed E-state index contributed by atoms with van der Waals surface area (Å²) in [5.41, 5.74) is 5.02. The Morgan fingerprint density at radius 2 is 1.50 bits per heavy atom. The van der Waals surface area contributed by atoms with Crippen molar-refractivity contribution in [3.63, 3.8) is 0 Å². The summed E-state index contributed by atoms with van der Waals surface area (Å²) in [6.45, 7) is -1.60. The van der Waals surface area contributed by atoms with Crippen molar-refractivity contribution in [2.24, 2.45) is 0 Å². The highest BCUT2D eigenvalue weighted by molar-refractivity contribution is 5.63. The van der Waals surface area contributed by atoms with Crippen LogP contribution in [0.5, 0.6) is 5.75 Å². The summed E-state index contributed by atoms with van der Waals surface area (Å²) in [4.78, 5) is 0. The van der Waals surface area contributed by atoms with Crippen molar-refractivity contribution in [1.29, 1.82) is 0 Å². The van der Waals surface area contributed by atoms with Gasteiger partial charge in [-0.15, -0.1) is 0 Å². The molecule has 4 aromatic rings. The molecule has 0 atom stereocenters. The Morgan fingerprint density at radius 3 is 2.17 bits per heavy atom. The zero-order valence-electron chi connectivity index (χ0n) is 16.2. The summed E-state index contributed by atoms with van der Waals surface area (Å²) in [6, 6.07) is 26.7. The third kappa shape index (κ3) is 4.90. The van der Waals surface area contributed by atoms with Gasteiger partial charge in [0.2, 0.25) is 0 Å².